The first-order chi connectivity index (χ1) is 14.8. The number of rotatable bonds is 4. The summed E-state index contributed by atoms with van der Waals surface area (Å²) in [4.78, 5) is 21.2. The number of nitrogens with one attached hydrogen (secondary N) is 1. The first-order valence-electron chi connectivity index (χ1n) is 10.1. The Morgan fingerprint density at radius 3 is 2.26 bits per heavy atom. The van der Waals surface area contributed by atoms with Crippen molar-refractivity contribution >= 4 is 23.3 Å². The third kappa shape index (κ3) is 4.50. The summed E-state index contributed by atoms with van der Waals surface area (Å²) in [5, 5.41) is 2.72. The predicted octanol–water partition coefficient (Wildman–Crippen LogP) is 4.24. The Hall–Kier alpha value is -3.48. The maximum Gasteiger partial charge on any atom is 0.323 e. The quantitative estimate of drug-likeness (QED) is 0.800. The average Bonchev–Trinajstić information content (AvgIpc) is 2.75. The van der Waals surface area contributed by atoms with Crippen LogP contribution in [0.4, 0.5) is 10.5 Å². The minimum Gasteiger partial charge on any atom is -0.493 e. The number of methoxy groups -OCH3 is 2. The number of ether oxygens (including phenoxy) is 2. The Bertz CT molecular complexity index is 1040. The lowest BCUT2D eigenvalue weighted by atomic mass is 10.0. The van der Waals surface area contributed by atoms with Gasteiger partial charge in [-0.15, -0.1) is 0 Å². The number of aryl methyl sites for hydroxylation is 3. The van der Waals surface area contributed by atoms with E-state index in [-0.39, 0.29) is 6.03 Å². The molecular weight excluding hydrogens is 392 g/mol. The van der Waals surface area contributed by atoms with E-state index in [9.17, 15) is 4.79 Å². The maximum atomic E-state index is 12.6. The highest BCUT2D eigenvalue weighted by molar-refractivity contribution is 6.04. The van der Waals surface area contributed by atoms with E-state index in [0.29, 0.717) is 18.2 Å². The molecule has 0 spiro atoms. The molecule has 0 unspecified atom stereocenters. The second kappa shape index (κ2) is 9.12. The molecule has 7 nitrogen and oxygen atoms in total. The summed E-state index contributed by atoms with van der Waals surface area (Å²) in [6.45, 7) is 6.58. The molecule has 0 aromatic heterocycles. The molecule has 1 N–H and O–H groups in total. The molecule has 0 fully saturated rings. The number of likely N-dealkylation sites (N-methyl/N-ethyl adjacent to an activating group) is 1. The molecule has 2 amide bonds. The monoisotopic (exact) mass is 422 g/mol. The maximum absolute atomic E-state index is 12.6. The van der Waals surface area contributed by atoms with E-state index in [4.69, 9.17) is 14.5 Å². The molecule has 1 aliphatic heterocycles. The number of urea groups is 1. The largest absolute Gasteiger partial charge is 0.493 e. The fraction of sp³-hybridized carbons (Fsp3) is 0.333. The molecule has 7 heteroatoms. The third-order valence-corrected chi connectivity index (χ3v) is 5.30. The molecule has 0 atom stereocenters. The van der Waals surface area contributed by atoms with E-state index in [1.165, 1.54) is 5.56 Å². The van der Waals surface area contributed by atoms with Crippen molar-refractivity contribution in [3.8, 4) is 11.5 Å². The second-order valence-corrected chi connectivity index (χ2v) is 7.64. The van der Waals surface area contributed by atoms with Crippen LogP contribution in [0.25, 0.3) is 5.70 Å². The van der Waals surface area contributed by atoms with Gasteiger partial charge in [0, 0.05) is 25.7 Å². The zero-order valence-corrected chi connectivity index (χ0v) is 19.2. The zero-order chi connectivity index (χ0) is 22.7. The van der Waals surface area contributed by atoms with Gasteiger partial charge in [0.2, 0.25) is 0 Å². The fourth-order valence-corrected chi connectivity index (χ4v) is 3.80. The van der Waals surface area contributed by atoms with E-state index in [1.54, 1.807) is 26.2 Å². The summed E-state index contributed by atoms with van der Waals surface area (Å²) >= 11 is 0. The molecular formula is C24H30N4O3. The van der Waals surface area contributed by atoms with Gasteiger partial charge < -0.3 is 19.7 Å². The van der Waals surface area contributed by atoms with Gasteiger partial charge in [-0.1, -0.05) is 17.7 Å². The molecule has 0 radical (unpaired) electrons. The lowest BCUT2D eigenvalue weighted by Crippen LogP contribution is -2.47. The first kappa shape index (κ1) is 22.2. The summed E-state index contributed by atoms with van der Waals surface area (Å²) in [6.07, 6.45) is 1.93. The van der Waals surface area contributed by atoms with Crippen molar-refractivity contribution in [2.45, 2.75) is 20.8 Å². The van der Waals surface area contributed by atoms with Gasteiger partial charge in [-0.3, -0.25) is 4.90 Å². The van der Waals surface area contributed by atoms with Crippen molar-refractivity contribution in [3.05, 3.63) is 58.7 Å². The topological polar surface area (TPSA) is 66.4 Å². The van der Waals surface area contributed by atoms with E-state index < -0.39 is 0 Å². The van der Waals surface area contributed by atoms with Crippen LogP contribution in [0.3, 0.4) is 0 Å². The van der Waals surface area contributed by atoms with Crippen molar-refractivity contribution < 1.29 is 14.3 Å². The van der Waals surface area contributed by atoms with Crippen LogP contribution in [0.5, 0.6) is 11.5 Å². The Morgan fingerprint density at radius 1 is 1.03 bits per heavy atom. The SMILES string of the molecule is CNC(=O)N1CN(C)C(=Nc2c(C)cc(C)cc2C)C=C1c1ccc(OC)c(OC)c1. The van der Waals surface area contributed by atoms with E-state index in [2.05, 4.69) is 38.2 Å². The molecule has 31 heavy (non-hydrogen) atoms. The second-order valence-electron chi connectivity index (χ2n) is 7.64. The standard InChI is InChI=1S/C24H30N4O3/c1-15-10-16(2)23(17(3)11-15)26-22-13-19(28(14-27(22)5)24(29)25-4)18-8-9-20(30-6)21(12-18)31-7/h8-13H,14H2,1-7H3,(H,25,29). The summed E-state index contributed by atoms with van der Waals surface area (Å²) in [6, 6.07) is 9.67. The Kier molecular flexibility index (Phi) is 6.53. The predicted molar refractivity (Wildman–Crippen MR) is 124 cm³/mol. The van der Waals surface area contributed by atoms with E-state index in [1.807, 2.05) is 36.2 Å². The number of carbonyl (C=O) groups excluding carboxylic acids is 1. The lowest BCUT2D eigenvalue weighted by molar-refractivity contribution is 0.206. The smallest absolute Gasteiger partial charge is 0.323 e. The van der Waals surface area contributed by atoms with Gasteiger partial charge in [-0.25, -0.2) is 9.79 Å². The number of hydrogen-bond acceptors (Lipinski definition) is 4. The van der Waals surface area contributed by atoms with Crippen molar-refractivity contribution in [1.82, 2.24) is 15.1 Å². The summed E-state index contributed by atoms with van der Waals surface area (Å²) in [5.74, 6) is 2.01. The van der Waals surface area contributed by atoms with Crippen LogP contribution in [0.15, 0.2) is 41.4 Å². The number of amidine groups is 1. The number of carbonyl (C=O) groups is 1. The number of aliphatic imine (C=N–C) groups is 1. The molecule has 0 bridgehead atoms. The molecule has 0 aliphatic carbocycles. The Labute approximate surface area is 184 Å². The molecule has 164 valence electrons. The normalized spacial score (nSPS) is 15.1. The molecule has 1 heterocycles. The van der Waals surface area contributed by atoms with Gasteiger partial charge in [-0.05, 0) is 50.1 Å². The molecule has 3 rings (SSSR count). The van der Waals surface area contributed by atoms with Crippen LogP contribution >= 0.6 is 0 Å². The van der Waals surface area contributed by atoms with Crippen molar-refractivity contribution in [1.29, 1.82) is 0 Å². The molecule has 0 saturated carbocycles. The van der Waals surface area contributed by atoms with Crippen LogP contribution in [-0.2, 0) is 0 Å². The number of hydrogen-bond donors (Lipinski definition) is 1. The van der Waals surface area contributed by atoms with Crippen LogP contribution < -0.4 is 14.8 Å². The van der Waals surface area contributed by atoms with Crippen LogP contribution in [-0.4, -0.2) is 56.7 Å². The van der Waals surface area contributed by atoms with Gasteiger partial charge in [0.1, 0.15) is 12.5 Å². The molecule has 0 saturated heterocycles. The van der Waals surface area contributed by atoms with Gasteiger partial charge in [0.05, 0.1) is 25.6 Å². The van der Waals surface area contributed by atoms with Crippen LogP contribution in [0.1, 0.15) is 22.3 Å². The number of nitrogens with zero attached hydrogens (tertiary/aromatic N) is 3. The minimum absolute atomic E-state index is 0.199. The van der Waals surface area contributed by atoms with Gasteiger partial charge in [-0.2, -0.15) is 0 Å². The van der Waals surface area contributed by atoms with Crippen LogP contribution in [0.2, 0.25) is 0 Å². The fourth-order valence-electron chi connectivity index (χ4n) is 3.80. The Morgan fingerprint density at radius 2 is 1.68 bits per heavy atom. The summed E-state index contributed by atoms with van der Waals surface area (Å²) in [5.41, 5.74) is 5.97. The lowest BCUT2D eigenvalue weighted by Gasteiger charge is -2.35. The summed E-state index contributed by atoms with van der Waals surface area (Å²) in [7, 11) is 6.74. The molecule has 2 aromatic rings. The van der Waals surface area contributed by atoms with E-state index >= 15 is 0 Å². The van der Waals surface area contributed by atoms with Crippen LogP contribution in [0, 0.1) is 20.8 Å². The first-order valence-corrected chi connectivity index (χ1v) is 10.1. The zero-order valence-electron chi connectivity index (χ0n) is 19.2. The van der Waals surface area contributed by atoms with Crippen molar-refractivity contribution in [3.63, 3.8) is 0 Å². The Balaban J connectivity index is 2.16. The van der Waals surface area contributed by atoms with Crippen molar-refractivity contribution in [2.24, 2.45) is 4.99 Å². The molecule has 2 aromatic carbocycles. The van der Waals surface area contributed by atoms with Crippen molar-refractivity contribution in [2.75, 3.05) is 35.0 Å². The minimum atomic E-state index is -0.199. The number of amides is 2. The summed E-state index contributed by atoms with van der Waals surface area (Å²) < 4.78 is 10.8. The average molecular weight is 423 g/mol. The van der Waals surface area contributed by atoms with E-state index in [0.717, 1.165) is 33.9 Å². The highest BCUT2D eigenvalue weighted by atomic mass is 16.5. The van der Waals surface area contributed by atoms with Gasteiger partial charge in [0.25, 0.3) is 0 Å². The molecule has 1 aliphatic rings. The van der Waals surface area contributed by atoms with Gasteiger partial charge >= 0.3 is 6.03 Å². The van der Waals surface area contributed by atoms with Gasteiger partial charge in [0.15, 0.2) is 11.5 Å². The third-order valence-electron chi connectivity index (χ3n) is 5.30. The number of benzene rings is 2. The highest BCUT2D eigenvalue weighted by Crippen LogP contribution is 2.34. The highest BCUT2D eigenvalue weighted by Gasteiger charge is 2.27.